The van der Waals surface area contributed by atoms with Crippen molar-refractivity contribution >= 4 is 45.3 Å². The normalized spacial score (nSPS) is 15.3. The molecule has 3 rings (SSSR count). The van der Waals surface area contributed by atoms with Crippen LogP contribution in [-0.2, 0) is 9.59 Å². The predicted molar refractivity (Wildman–Crippen MR) is 102 cm³/mol. The van der Waals surface area contributed by atoms with E-state index >= 15 is 0 Å². The fourth-order valence-corrected chi connectivity index (χ4v) is 2.88. The van der Waals surface area contributed by atoms with Gasteiger partial charge in [-0.2, -0.15) is 10.1 Å². The van der Waals surface area contributed by atoms with E-state index in [1.807, 2.05) is 18.2 Å². The number of hydrogen-bond donors (Lipinski definition) is 1. The molecule has 1 heterocycles. The molecule has 2 aromatic rings. The fraction of sp³-hybridized carbons (Fsp3) is 0.105. The number of para-hydroxylation sites is 1. The van der Waals surface area contributed by atoms with E-state index in [4.69, 9.17) is 9.84 Å². The Morgan fingerprint density at radius 3 is 2.77 bits per heavy atom. The molecule has 0 fully saturated rings. The van der Waals surface area contributed by atoms with Crippen molar-refractivity contribution in [1.29, 1.82) is 0 Å². The lowest BCUT2D eigenvalue weighted by Gasteiger charge is -2.12. The zero-order valence-corrected chi connectivity index (χ0v) is 15.4. The minimum Gasteiger partial charge on any atom is -0.481 e. The highest BCUT2D eigenvalue weighted by atomic mass is 79.9. The fourth-order valence-electron chi connectivity index (χ4n) is 2.49. The lowest BCUT2D eigenvalue weighted by Crippen LogP contribution is -2.21. The summed E-state index contributed by atoms with van der Waals surface area (Å²) in [5.41, 5.74) is 2.27. The van der Waals surface area contributed by atoms with E-state index in [0.717, 1.165) is 4.47 Å². The Labute approximate surface area is 158 Å². The lowest BCUT2D eigenvalue weighted by molar-refractivity contribution is -0.139. The number of benzene rings is 2. The van der Waals surface area contributed by atoms with Crippen LogP contribution in [0.2, 0.25) is 0 Å². The second-order valence-electron chi connectivity index (χ2n) is 5.56. The molecule has 0 saturated heterocycles. The molecule has 1 aliphatic heterocycles. The first-order chi connectivity index (χ1) is 12.5. The zero-order chi connectivity index (χ0) is 18.7. The SMILES string of the molecule is CC1=NN(c2cccc(Br)c2)C(=O)/C1=C/c1ccccc1OCC(=O)O. The molecule has 6 nitrogen and oxygen atoms in total. The van der Waals surface area contributed by atoms with Crippen LogP contribution in [0.4, 0.5) is 5.69 Å². The first-order valence-corrected chi connectivity index (χ1v) is 8.56. The Hall–Kier alpha value is -2.93. The minimum atomic E-state index is -1.07. The molecule has 1 aliphatic rings. The van der Waals surface area contributed by atoms with Gasteiger partial charge in [0.05, 0.1) is 17.0 Å². The van der Waals surface area contributed by atoms with E-state index in [-0.39, 0.29) is 5.91 Å². The van der Waals surface area contributed by atoms with Crippen molar-refractivity contribution in [3.05, 3.63) is 64.1 Å². The molecule has 0 bridgehead atoms. The molecule has 0 aromatic heterocycles. The van der Waals surface area contributed by atoms with Gasteiger partial charge in [0.25, 0.3) is 5.91 Å². The Morgan fingerprint density at radius 2 is 2.04 bits per heavy atom. The highest BCUT2D eigenvalue weighted by Crippen LogP contribution is 2.29. The maximum Gasteiger partial charge on any atom is 0.341 e. The summed E-state index contributed by atoms with van der Waals surface area (Å²) in [7, 11) is 0. The predicted octanol–water partition coefficient (Wildman–Crippen LogP) is 3.72. The molecule has 0 saturated carbocycles. The topological polar surface area (TPSA) is 79.2 Å². The average molecular weight is 415 g/mol. The summed E-state index contributed by atoms with van der Waals surface area (Å²) in [5, 5.41) is 14.5. The molecule has 1 amide bonds. The van der Waals surface area contributed by atoms with Gasteiger partial charge in [-0.05, 0) is 37.3 Å². The van der Waals surface area contributed by atoms with Crippen LogP contribution in [0.25, 0.3) is 6.08 Å². The average Bonchev–Trinajstić information content (AvgIpc) is 2.89. The Balaban J connectivity index is 1.92. The Bertz CT molecular complexity index is 937. The number of nitrogens with zero attached hydrogens (tertiary/aromatic N) is 2. The van der Waals surface area contributed by atoms with Crippen LogP contribution in [0.15, 0.2) is 63.7 Å². The van der Waals surface area contributed by atoms with Crippen molar-refractivity contribution in [2.45, 2.75) is 6.92 Å². The van der Waals surface area contributed by atoms with Gasteiger partial charge in [0.2, 0.25) is 0 Å². The molecule has 26 heavy (non-hydrogen) atoms. The van der Waals surface area contributed by atoms with Crippen molar-refractivity contribution in [2.24, 2.45) is 5.10 Å². The molecule has 132 valence electrons. The number of carbonyl (C=O) groups is 2. The summed E-state index contributed by atoms with van der Waals surface area (Å²) < 4.78 is 6.14. The van der Waals surface area contributed by atoms with Gasteiger partial charge >= 0.3 is 5.97 Å². The molecule has 7 heteroatoms. The second kappa shape index (κ2) is 7.53. The summed E-state index contributed by atoms with van der Waals surface area (Å²) in [6.07, 6.45) is 1.66. The minimum absolute atomic E-state index is 0.256. The van der Waals surface area contributed by atoms with Crippen LogP contribution in [0.3, 0.4) is 0 Å². The van der Waals surface area contributed by atoms with Gasteiger partial charge in [-0.25, -0.2) is 4.79 Å². The van der Waals surface area contributed by atoms with Crippen LogP contribution in [0, 0.1) is 0 Å². The first-order valence-electron chi connectivity index (χ1n) is 7.76. The van der Waals surface area contributed by atoms with Crippen LogP contribution in [0.5, 0.6) is 5.75 Å². The van der Waals surface area contributed by atoms with E-state index in [1.165, 1.54) is 5.01 Å². The third kappa shape index (κ3) is 3.83. The third-order valence-corrected chi connectivity index (χ3v) is 4.18. The van der Waals surface area contributed by atoms with Gasteiger partial charge in [0.1, 0.15) is 5.75 Å². The van der Waals surface area contributed by atoms with Gasteiger partial charge in [-0.15, -0.1) is 0 Å². The number of rotatable bonds is 5. The highest BCUT2D eigenvalue weighted by molar-refractivity contribution is 9.10. The van der Waals surface area contributed by atoms with Gasteiger partial charge in [-0.1, -0.05) is 40.2 Å². The molecule has 0 unspecified atom stereocenters. The first kappa shape index (κ1) is 17.9. The molecule has 0 radical (unpaired) electrons. The zero-order valence-electron chi connectivity index (χ0n) is 13.8. The summed E-state index contributed by atoms with van der Waals surface area (Å²) in [6.45, 7) is 1.30. The summed E-state index contributed by atoms with van der Waals surface area (Å²) in [4.78, 5) is 23.5. The van der Waals surface area contributed by atoms with E-state index < -0.39 is 12.6 Å². The standard InChI is InChI=1S/C19H15BrN2O4/c1-12-16(9-13-5-2-3-8-17(13)26-11-18(23)24)19(25)22(21-12)15-7-4-6-14(20)10-15/h2-10H,11H2,1H3,(H,23,24)/b16-9+. The molecule has 0 atom stereocenters. The van der Waals surface area contributed by atoms with Crippen LogP contribution >= 0.6 is 15.9 Å². The van der Waals surface area contributed by atoms with Gasteiger partial charge in [0.15, 0.2) is 6.61 Å². The van der Waals surface area contributed by atoms with E-state index in [1.54, 1.807) is 43.3 Å². The van der Waals surface area contributed by atoms with E-state index in [0.29, 0.717) is 28.3 Å². The van der Waals surface area contributed by atoms with Crippen molar-refractivity contribution in [3.8, 4) is 5.75 Å². The lowest BCUT2D eigenvalue weighted by atomic mass is 10.1. The van der Waals surface area contributed by atoms with Crippen LogP contribution < -0.4 is 9.75 Å². The Morgan fingerprint density at radius 1 is 1.27 bits per heavy atom. The van der Waals surface area contributed by atoms with Crippen molar-refractivity contribution < 1.29 is 19.4 Å². The molecular formula is C19H15BrN2O4. The summed E-state index contributed by atoms with van der Waals surface area (Å²) in [5.74, 6) is -0.930. The number of carboxylic acids is 1. The number of carboxylic acid groups (broad SMARTS) is 1. The van der Waals surface area contributed by atoms with E-state index in [9.17, 15) is 9.59 Å². The van der Waals surface area contributed by atoms with E-state index in [2.05, 4.69) is 21.0 Å². The summed E-state index contributed by atoms with van der Waals surface area (Å²) >= 11 is 3.39. The molecule has 2 aromatic carbocycles. The third-order valence-electron chi connectivity index (χ3n) is 3.69. The van der Waals surface area contributed by atoms with Gasteiger partial charge in [-0.3, -0.25) is 4.79 Å². The highest BCUT2D eigenvalue weighted by Gasteiger charge is 2.29. The van der Waals surface area contributed by atoms with Crippen molar-refractivity contribution in [1.82, 2.24) is 0 Å². The number of amides is 1. The smallest absolute Gasteiger partial charge is 0.341 e. The van der Waals surface area contributed by atoms with Gasteiger partial charge < -0.3 is 9.84 Å². The van der Waals surface area contributed by atoms with Gasteiger partial charge in [0, 0.05) is 10.0 Å². The van der Waals surface area contributed by atoms with Crippen molar-refractivity contribution in [2.75, 3.05) is 11.6 Å². The van der Waals surface area contributed by atoms with Crippen LogP contribution in [0.1, 0.15) is 12.5 Å². The molecule has 0 spiro atoms. The number of carbonyl (C=O) groups excluding carboxylic acids is 1. The maximum atomic E-state index is 12.8. The monoisotopic (exact) mass is 414 g/mol. The molecule has 1 N–H and O–H groups in total. The number of hydrazone groups is 1. The van der Waals surface area contributed by atoms with Crippen molar-refractivity contribution in [3.63, 3.8) is 0 Å². The Kier molecular flexibility index (Phi) is 5.18. The molecular weight excluding hydrogens is 400 g/mol. The largest absolute Gasteiger partial charge is 0.481 e. The number of hydrogen-bond acceptors (Lipinski definition) is 4. The number of aliphatic carboxylic acids is 1. The number of halogens is 1. The second-order valence-corrected chi connectivity index (χ2v) is 6.48. The number of ether oxygens (including phenoxy) is 1. The number of anilines is 1. The molecule has 0 aliphatic carbocycles. The maximum absolute atomic E-state index is 12.8. The quantitative estimate of drug-likeness (QED) is 0.756. The van der Waals surface area contributed by atoms with Crippen LogP contribution in [-0.4, -0.2) is 29.3 Å². The summed E-state index contributed by atoms with van der Waals surface area (Å²) in [6, 6.07) is 14.2.